The van der Waals surface area contributed by atoms with Crippen molar-refractivity contribution in [2.24, 2.45) is 0 Å². The van der Waals surface area contributed by atoms with Crippen molar-refractivity contribution in [3.63, 3.8) is 0 Å². The molecule has 0 bridgehead atoms. The van der Waals surface area contributed by atoms with Crippen molar-refractivity contribution >= 4 is 17.6 Å². The fraction of sp³-hybridized carbons (Fsp3) is 0.556. The average Bonchev–Trinajstić information content (AvgIpc) is 2.78. The van der Waals surface area contributed by atoms with E-state index in [1.165, 1.54) is 24.3 Å². The summed E-state index contributed by atoms with van der Waals surface area (Å²) < 4.78 is 42.8. The number of ketones is 1. The van der Waals surface area contributed by atoms with Gasteiger partial charge in [-0.05, 0) is 51.5 Å². The van der Waals surface area contributed by atoms with E-state index in [0.717, 1.165) is 5.69 Å². The minimum Gasteiger partial charge on any atom is -0.444 e. The van der Waals surface area contributed by atoms with Crippen molar-refractivity contribution in [1.82, 2.24) is 4.90 Å². The van der Waals surface area contributed by atoms with Crippen molar-refractivity contribution in [2.75, 3.05) is 31.1 Å². The molecule has 0 spiro atoms. The maximum Gasteiger partial charge on any atom is 0.454 e. The quantitative estimate of drug-likeness (QED) is 0.740. The Morgan fingerprint density at radius 2 is 1.58 bits per heavy atom. The number of Topliss-reactive ketones (excluding diaryl/α,β-unsaturated/α-hetero) is 1. The van der Waals surface area contributed by atoms with Gasteiger partial charge < -0.3 is 14.5 Å². The Hall–Kier alpha value is -2.25. The minimum absolute atomic E-state index is 0.370. The van der Waals surface area contributed by atoms with Gasteiger partial charge in [-0.1, -0.05) is 0 Å². The van der Waals surface area contributed by atoms with E-state index >= 15 is 0 Å². The number of nitrogens with zero attached hydrogens (tertiary/aromatic N) is 2. The molecule has 1 aromatic rings. The summed E-state index contributed by atoms with van der Waals surface area (Å²) in [6.07, 6.45) is -4.54. The standard InChI is InChI=1S/C18H23F3N2O3/c1-17(2,3)26-16(25)23-10-4-9-22(11-12-23)14-7-5-13(6-8-14)15(24)18(19,20)21/h5-8H,4,9-12H2,1-3H3. The van der Waals surface area contributed by atoms with Gasteiger partial charge in [-0.3, -0.25) is 4.79 Å². The lowest BCUT2D eigenvalue weighted by atomic mass is 10.1. The average molecular weight is 372 g/mol. The zero-order valence-electron chi connectivity index (χ0n) is 15.1. The molecule has 5 nitrogen and oxygen atoms in total. The second-order valence-electron chi connectivity index (χ2n) is 7.18. The highest BCUT2D eigenvalue weighted by atomic mass is 19.4. The van der Waals surface area contributed by atoms with Gasteiger partial charge >= 0.3 is 12.3 Å². The molecule has 0 saturated carbocycles. The molecule has 8 heteroatoms. The van der Waals surface area contributed by atoms with Gasteiger partial charge in [-0.15, -0.1) is 0 Å². The van der Waals surface area contributed by atoms with Crippen molar-refractivity contribution in [1.29, 1.82) is 0 Å². The highest BCUT2D eigenvalue weighted by Crippen LogP contribution is 2.24. The van der Waals surface area contributed by atoms with Gasteiger partial charge in [0.05, 0.1) is 0 Å². The van der Waals surface area contributed by atoms with Crippen LogP contribution in [0.2, 0.25) is 0 Å². The molecule has 0 radical (unpaired) electrons. The van der Waals surface area contributed by atoms with E-state index < -0.39 is 17.6 Å². The van der Waals surface area contributed by atoms with Crippen LogP contribution >= 0.6 is 0 Å². The van der Waals surface area contributed by atoms with Crippen LogP contribution < -0.4 is 4.90 Å². The molecular formula is C18H23F3N2O3. The molecule has 1 amide bonds. The third-order valence-electron chi connectivity index (χ3n) is 3.90. The van der Waals surface area contributed by atoms with Gasteiger partial charge in [0.25, 0.3) is 5.78 Å². The molecule has 2 rings (SSSR count). The number of halogens is 3. The van der Waals surface area contributed by atoms with Crippen LogP contribution in [0.5, 0.6) is 0 Å². The summed E-state index contributed by atoms with van der Waals surface area (Å²) in [7, 11) is 0. The number of hydrogen-bond acceptors (Lipinski definition) is 4. The monoisotopic (exact) mass is 372 g/mol. The molecule has 0 N–H and O–H groups in total. The normalized spacial score (nSPS) is 16.2. The first-order valence-corrected chi connectivity index (χ1v) is 8.42. The Balaban J connectivity index is 2.01. The Labute approximate surface area is 150 Å². The number of carbonyl (C=O) groups excluding carboxylic acids is 2. The maximum atomic E-state index is 12.5. The summed E-state index contributed by atoms with van der Waals surface area (Å²) in [6, 6.07) is 5.37. The van der Waals surface area contributed by atoms with Gasteiger partial charge in [0.1, 0.15) is 5.60 Å². The summed E-state index contributed by atoms with van der Waals surface area (Å²) >= 11 is 0. The number of alkyl halides is 3. The van der Waals surface area contributed by atoms with E-state index in [0.29, 0.717) is 32.6 Å². The van der Waals surface area contributed by atoms with Gasteiger partial charge in [0, 0.05) is 37.4 Å². The molecule has 0 aromatic heterocycles. The Kier molecular flexibility index (Phi) is 5.83. The number of carbonyl (C=O) groups is 2. The summed E-state index contributed by atoms with van der Waals surface area (Å²) in [4.78, 5) is 27.0. The largest absolute Gasteiger partial charge is 0.454 e. The van der Waals surface area contributed by atoms with Crippen LogP contribution in [0.1, 0.15) is 37.6 Å². The third kappa shape index (κ3) is 5.37. The van der Waals surface area contributed by atoms with Crippen molar-refractivity contribution in [3.05, 3.63) is 29.8 Å². The zero-order chi connectivity index (χ0) is 19.5. The number of amides is 1. The van der Waals surface area contributed by atoms with E-state index in [9.17, 15) is 22.8 Å². The van der Waals surface area contributed by atoms with E-state index in [-0.39, 0.29) is 11.7 Å². The van der Waals surface area contributed by atoms with Gasteiger partial charge in [-0.25, -0.2) is 4.79 Å². The Morgan fingerprint density at radius 1 is 0.962 bits per heavy atom. The van der Waals surface area contributed by atoms with Crippen LogP contribution in [0.15, 0.2) is 24.3 Å². The first-order valence-electron chi connectivity index (χ1n) is 8.42. The highest BCUT2D eigenvalue weighted by molar-refractivity contribution is 6.00. The van der Waals surface area contributed by atoms with Gasteiger partial charge in [-0.2, -0.15) is 13.2 Å². The van der Waals surface area contributed by atoms with Crippen LogP contribution in [-0.4, -0.2) is 54.7 Å². The van der Waals surface area contributed by atoms with Crippen LogP contribution in [0, 0.1) is 0 Å². The zero-order valence-corrected chi connectivity index (χ0v) is 15.1. The second-order valence-corrected chi connectivity index (χ2v) is 7.18. The van der Waals surface area contributed by atoms with E-state index in [1.807, 2.05) is 4.90 Å². The second kappa shape index (κ2) is 7.55. The molecule has 144 valence electrons. The highest BCUT2D eigenvalue weighted by Gasteiger charge is 2.39. The van der Waals surface area contributed by atoms with Crippen molar-refractivity contribution in [3.8, 4) is 0 Å². The lowest BCUT2D eigenvalue weighted by Gasteiger charge is -2.27. The molecule has 1 heterocycles. The molecule has 1 saturated heterocycles. The van der Waals surface area contributed by atoms with Gasteiger partial charge in [0.15, 0.2) is 0 Å². The van der Waals surface area contributed by atoms with E-state index in [4.69, 9.17) is 4.74 Å². The summed E-state index contributed by atoms with van der Waals surface area (Å²) in [5.74, 6) is -1.85. The summed E-state index contributed by atoms with van der Waals surface area (Å²) in [5, 5.41) is 0. The number of benzene rings is 1. The number of hydrogen-bond donors (Lipinski definition) is 0. The number of rotatable bonds is 2. The minimum atomic E-state index is -4.88. The lowest BCUT2D eigenvalue weighted by molar-refractivity contribution is -0.0885. The van der Waals surface area contributed by atoms with Gasteiger partial charge in [0.2, 0.25) is 0 Å². The van der Waals surface area contributed by atoms with Crippen LogP contribution in [0.25, 0.3) is 0 Å². The van der Waals surface area contributed by atoms with E-state index in [1.54, 1.807) is 25.7 Å². The summed E-state index contributed by atoms with van der Waals surface area (Å²) in [6.45, 7) is 7.61. The lowest BCUT2D eigenvalue weighted by Crippen LogP contribution is -2.39. The first kappa shape index (κ1) is 20.1. The molecule has 1 aromatic carbocycles. The molecule has 26 heavy (non-hydrogen) atoms. The Bertz CT molecular complexity index is 651. The topological polar surface area (TPSA) is 49.9 Å². The Morgan fingerprint density at radius 3 is 2.12 bits per heavy atom. The van der Waals surface area contributed by atoms with Crippen LogP contribution in [-0.2, 0) is 4.74 Å². The molecule has 0 unspecified atom stereocenters. The van der Waals surface area contributed by atoms with Crippen molar-refractivity contribution < 1.29 is 27.5 Å². The molecule has 0 atom stereocenters. The molecule has 1 aliphatic rings. The number of anilines is 1. The van der Waals surface area contributed by atoms with Crippen LogP contribution in [0.4, 0.5) is 23.7 Å². The van der Waals surface area contributed by atoms with Crippen LogP contribution in [0.3, 0.4) is 0 Å². The molecule has 0 aliphatic carbocycles. The molecule has 1 aliphatic heterocycles. The predicted molar refractivity (Wildman–Crippen MR) is 91.5 cm³/mol. The fourth-order valence-corrected chi connectivity index (χ4v) is 2.67. The fourth-order valence-electron chi connectivity index (χ4n) is 2.67. The van der Waals surface area contributed by atoms with Crippen molar-refractivity contribution in [2.45, 2.75) is 39.0 Å². The predicted octanol–water partition coefficient (Wildman–Crippen LogP) is 3.88. The molecular weight excluding hydrogens is 349 g/mol. The number of ether oxygens (including phenoxy) is 1. The maximum absolute atomic E-state index is 12.5. The summed E-state index contributed by atoms with van der Waals surface area (Å²) in [5.41, 5.74) is -0.231. The first-order chi connectivity index (χ1) is 12.0. The van der Waals surface area contributed by atoms with E-state index in [2.05, 4.69) is 0 Å². The third-order valence-corrected chi connectivity index (χ3v) is 3.90. The molecule has 1 fully saturated rings. The SMILES string of the molecule is CC(C)(C)OC(=O)N1CCCN(c2ccc(C(=O)C(F)(F)F)cc2)CC1. The smallest absolute Gasteiger partial charge is 0.444 e.